The number of hydrogen-bond acceptors (Lipinski definition) is 6. The Morgan fingerprint density at radius 1 is 1.18 bits per heavy atom. The van der Waals surface area contributed by atoms with E-state index in [0.717, 1.165) is 0 Å². The molecular weight excluding hydrogens is 230 g/mol. The van der Waals surface area contributed by atoms with E-state index < -0.39 is 30.1 Å². The standard InChI is InChI=1S/C5H12N2O2.C4H9NO3/c6-3-1-2-4(7)5(8)9;1-2(6)3(5)4(7)8/h4H,1-3,6-7H2,(H,8,9);2-3,6H,5H2,1H3,(H,7,8)/t4-;2-,3+/m01/s1. The molecule has 3 atom stereocenters. The van der Waals surface area contributed by atoms with Gasteiger partial charge in [-0.3, -0.25) is 9.59 Å². The van der Waals surface area contributed by atoms with Gasteiger partial charge in [-0.25, -0.2) is 0 Å². The van der Waals surface area contributed by atoms with Gasteiger partial charge in [0.25, 0.3) is 0 Å². The van der Waals surface area contributed by atoms with E-state index >= 15 is 0 Å². The van der Waals surface area contributed by atoms with E-state index in [2.05, 4.69) is 0 Å². The lowest BCUT2D eigenvalue weighted by molar-refractivity contribution is -0.141. The Morgan fingerprint density at radius 2 is 1.65 bits per heavy atom. The second kappa shape index (κ2) is 9.97. The maximum atomic E-state index is 10.0. The van der Waals surface area contributed by atoms with Crippen LogP contribution in [0.1, 0.15) is 19.8 Å². The SMILES string of the molecule is C[C@@H](O)[C@H](N)C(=O)O.NCCC[C@H](N)C(=O)O. The maximum Gasteiger partial charge on any atom is 0.323 e. The normalized spacial score (nSPS) is 15.1. The molecule has 0 aromatic heterocycles. The number of aliphatic carboxylic acids is 2. The molecule has 0 saturated carbocycles. The van der Waals surface area contributed by atoms with Crippen molar-refractivity contribution in [1.82, 2.24) is 0 Å². The first-order chi connectivity index (χ1) is 7.73. The van der Waals surface area contributed by atoms with Crippen LogP contribution < -0.4 is 17.2 Å². The summed E-state index contributed by atoms with van der Waals surface area (Å²) in [5.74, 6) is -2.14. The molecule has 0 spiro atoms. The second-order valence-corrected chi connectivity index (χ2v) is 3.48. The van der Waals surface area contributed by atoms with Crippen LogP contribution in [0.15, 0.2) is 0 Å². The fourth-order valence-corrected chi connectivity index (χ4v) is 0.668. The van der Waals surface area contributed by atoms with Gasteiger partial charge < -0.3 is 32.5 Å². The van der Waals surface area contributed by atoms with E-state index in [0.29, 0.717) is 19.4 Å². The molecular formula is C9H21N3O5. The zero-order valence-corrected chi connectivity index (χ0v) is 9.74. The number of carboxylic acid groups (broad SMARTS) is 2. The van der Waals surface area contributed by atoms with Gasteiger partial charge in [-0.05, 0) is 26.3 Å². The summed E-state index contributed by atoms with van der Waals surface area (Å²) < 4.78 is 0. The molecule has 8 nitrogen and oxygen atoms in total. The van der Waals surface area contributed by atoms with Gasteiger partial charge in [-0.2, -0.15) is 0 Å². The molecule has 0 unspecified atom stereocenters. The Balaban J connectivity index is 0. The minimum absolute atomic E-state index is 0.464. The fourth-order valence-electron chi connectivity index (χ4n) is 0.668. The smallest absolute Gasteiger partial charge is 0.323 e. The summed E-state index contributed by atoms with van der Waals surface area (Å²) in [6.07, 6.45) is 0.159. The highest BCUT2D eigenvalue weighted by Crippen LogP contribution is 1.91. The van der Waals surface area contributed by atoms with Crippen molar-refractivity contribution in [2.45, 2.75) is 38.0 Å². The first-order valence-corrected chi connectivity index (χ1v) is 5.08. The molecule has 0 aliphatic heterocycles. The molecule has 0 fully saturated rings. The molecule has 0 aliphatic rings. The van der Waals surface area contributed by atoms with Crippen molar-refractivity contribution in [2.75, 3.05) is 6.54 Å². The zero-order chi connectivity index (χ0) is 14.0. The monoisotopic (exact) mass is 251 g/mol. The van der Waals surface area contributed by atoms with E-state index in [-0.39, 0.29) is 0 Å². The minimum Gasteiger partial charge on any atom is -0.480 e. The molecule has 0 amide bonds. The summed E-state index contributed by atoms with van der Waals surface area (Å²) in [6, 6.07) is -1.90. The summed E-state index contributed by atoms with van der Waals surface area (Å²) >= 11 is 0. The molecule has 9 N–H and O–H groups in total. The molecule has 0 radical (unpaired) electrons. The number of carbonyl (C=O) groups is 2. The average Bonchev–Trinajstić information content (AvgIpc) is 2.25. The van der Waals surface area contributed by atoms with Crippen LogP contribution in [0.3, 0.4) is 0 Å². The first-order valence-electron chi connectivity index (χ1n) is 5.08. The van der Waals surface area contributed by atoms with E-state index in [9.17, 15) is 9.59 Å². The predicted octanol–water partition coefficient (Wildman–Crippen LogP) is -2.08. The Bertz CT molecular complexity index is 235. The van der Waals surface area contributed by atoms with Gasteiger partial charge in [0.2, 0.25) is 0 Å². The van der Waals surface area contributed by atoms with Crippen LogP contribution >= 0.6 is 0 Å². The number of aliphatic hydroxyl groups is 1. The Morgan fingerprint density at radius 3 is 1.82 bits per heavy atom. The largest absolute Gasteiger partial charge is 0.480 e. The molecule has 8 heteroatoms. The lowest BCUT2D eigenvalue weighted by Crippen LogP contribution is -2.39. The number of aliphatic hydroxyl groups excluding tert-OH is 1. The van der Waals surface area contributed by atoms with Crippen LogP contribution in [0.25, 0.3) is 0 Å². The van der Waals surface area contributed by atoms with Crippen molar-refractivity contribution in [3.05, 3.63) is 0 Å². The summed E-state index contributed by atoms with van der Waals surface area (Å²) in [7, 11) is 0. The maximum absolute atomic E-state index is 10.0. The number of hydrogen-bond donors (Lipinski definition) is 6. The topological polar surface area (TPSA) is 173 Å². The van der Waals surface area contributed by atoms with Crippen LogP contribution in [0.2, 0.25) is 0 Å². The summed E-state index contributed by atoms with van der Waals surface area (Å²) in [6.45, 7) is 1.83. The lowest BCUT2D eigenvalue weighted by Gasteiger charge is -2.06. The van der Waals surface area contributed by atoms with Crippen LogP contribution in [0, 0.1) is 0 Å². The molecule has 102 valence electrons. The van der Waals surface area contributed by atoms with Crippen molar-refractivity contribution >= 4 is 11.9 Å². The van der Waals surface area contributed by atoms with E-state index in [1.54, 1.807) is 0 Å². The lowest BCUT2D eigenvalue weighted by atomic mass is 10.2. The van der Waals surface area contributed by atoms with E-state index in [1.165, 1.54) is 6.92 Å². The van der Waals surface area contributed by atoms with Crippen LogP contribution in [0.5, 0.6) is 0 Å². The Kier molecular flexibility index (Phi) is 10.6. The molecule has 0 aromatic carbocycles. The predicted molar refractivity (Wildman–Crippen MR) is 61.2 cm³/mol. The Labute approximate surface area is 99.4 Å². The molecule has 0 heterocycles. The van der Waals surface area contributed by atoms with E-state index in [4.69, 9.17) is 32.5 Å². The molecule has 0 saturated heterocycles. The summed E-state index contributed by atoms with van der Waals surface area (Å²) in [4.78, 5) is 19.9. The van der Waals surface area contributed by atoms with Crippen molar-refractivity contribution in [3.63, 3.8) is 0 Å². The van der Waals surface area contributed by atoms with Crippen molar-refractivity contribution in [3.8, 4) is 0 Å². The van der Waals surface area contributed by atoms with Gasteiger partial charge in [0, 0.05) is 0 Å². The van der Waals surface area contributed by atoms with Crippen LogP contribution in [-0.2, 0) is 9.59 Å². The van der Waals surface area contributed by atoms with Crippen molar-refractivity contribution in [1.29, 1.82) is 0 Å². The number of rotatable bonds is 6. The van der Waals surface area contributed by atoms with Crippen molar-refractivity contribution in [2.24, 2.45) is 17.2 Å². The Hall–Kier alpha value is -1.22. The third kappa shape index (κ3) is 11.1. The van der Waals surface area contributed by atoms with Gasteiger partial charge in [0.15, 0.2) is 0 Å². The highest BCUT2D eigenvalue weighted by atomic mass is 16.4. The zero-order valence-electron chi connectivity index (χ0n) is 9.74. The van der Waals surface area contributed by atoms with Crippen molar-refractivity contribution < 1.29 is 24.9 Å². The summed E-state index contributed by atoms with van der Waals surface area (Å²) in [5.41, 5.74) is 15.2. The average molecular weight is 251 g/mol. The number of nitrogens with two attached hydrogens (primary N) is 3. The molecule has 0 bridgehead atoms. The highest BCUT2D eigenvalue weighted by molar-refractivity contribution is 5.73. The van der Waals surface area contributed by atoms with Gasteiger partial charge in [0.1, 0.15) is 12.1 Å². The van der Waals surface area contributed by atoms with Crippen LogP contribution in [-0.4, -0.2) is 52.0 Å². The second-order valence-electron chi connectivity index (χ2n) is 3.48. The molecule has 0 aromatic rings. The fraction of sp³-hybridized carbons (Fsp3) is 0.778. The third-order valence-electron chi connectivity index (χ3n) is 1.84. The van der Waals surface area contributed by atoms with Crippen LogP contribution in [0.4, 0.5) is 0 Å². The van der Waals surface area contributed by atoms with E-state index in [1.807, 2.05) is 0 Å². The van der Waals surface area contributed by atoms with Gasteiger partial charge in [-0.1, -0.05) is 0 Å². The minimum atomic E-state index is -1.18. The molecule has 17 heavy (non-hydrogen) atoms. The quantitative estimate of drug-likeness (QED) is 0.312. The van der Waals surface area contributed by atoms with Gasteiger partial charge in [-0.15, -0.1) is 0 Å². The third-order valence-corrected chi connectivity index (χ3v) is 1.84. The molecule has 0 aliphatic carbocycles. The highest BCUT2D eigenvalue weighted by Gasteiger charge is 2.16. The molecule has 0 rings (SSSR count). The summed E-state index contributed by atoms with van der Waals surface area (Å²) in [5, 5.41) is 24.8. The van der Waals surface area contributed by atoms with Gasteiger partial charge in [0.05, 0.1) is 6.10 Å². The number of carboxylic acids is 2. The first kappa shape index (κ1) is 18.2. The van der Waals surface area contributed by atoms with Gasteiger partial charge >= 0.3 is 11.9 Å².